The van der Waals surface area contributed by atoms with Gasteiger partial charge < -0.3 is 15.6 Å². The first-order chi connectivity index (χ1) is 9.40. The number of carboxylic acid groups (broad SMARTS) is 1. The van der Waals surface area contributed by atoms with Crippen LogP contribution in [0.2, 0.25) is 0 Å². The van der Waals surface area contributed by atoms with E-state index in [-0.39, 0.29) is 13.0 Å². The first kappa shape index (κ1) is 14.3. The van der Waals surface area contributed by atoms with Crippen LogP contribution in [0.5, 0.6) is 5.75 Å². The van der Waals surface area contributed by atoms with Crippen LogP contribution >= 0.6 is 0 Å². The Hall–Kier alpha value is -2.14. The molecule has 0 fully saturated rings. The third-order valence-electron chi connectivity index (χ3n) is 3.19. The van der Waals surface area contributed by atoms with Gasteiger partial charge in [0, 0.05) is 17.5 Å². The van der Waals surface area contributed by atoms with Gasteiger partial charge in [0.2, 0.25) is 0 Å². The highest BCUT2D eigenvalue weighted by Crippen LogP contribution is 2.24. The van der Waals surface area contributed by atoms with Gasteiger partial charge in [-0.15, -0.1) is 0 Å². The molecule has 0 saturated carbocycles. The van der Waals surface area contributed by atoms with Crippen molar-refractivity contribution in [1.29, 1.82) is 0 Å². The van der Waals surface area contributed by atoms with E-state index >= 15 is 0 Å². The summed E-state index contributed by atoms with van der Waals surface area (Å²) >= 11 is 0. The maximum Gasteiger partial charge on any atom is 0.323 e. The number of hydrogen-bond acceptors (Lipinski definition) is 4. The molecule has 1 unspecified atom stereocenters. The largest absolute Gasteiger partial charge is 0.491 e. The van der Waals surface area contributed by atoms with Crippen molar-refractivity contribution in [1.82, 2.24) is 4.98 Å². The molecule has 0 radical (unpaired) electrons. The van der Waals surface area contributed by atoms with Crippen LogP contribution in [-0.4, -0.2) is 28.2 Å². The molecule has 3 N–H and O–H groups in total. The van der Waals surface area contributed by atoms with Gasteiger partial charge in [0.15, 0.2) is 0 Å². The molecule has 0 bridgehead atoms. The molecule has 0 spiro atoms. The molecule has 0 saturated heterocycles. The number of rotatable bonds is 5. The number of ether oxygens (including phenoxy) is 1. The van der Waals surface area contributed by atoms with Crippen LogP contribution < -0.4 is 10.5 Å². The molecule has 0 aliphatic rings. The fourth-order valence-corrected chi connectivity index (χ4v) is 1.81. The van der Waals surface area contributed by atoms with Crippen molar-refractivity contribution in [3.05, 3.63) is 36.0 Å². The summed E-state index contributed by atoms with van der Waals surface area (Å²) in [5, 5.41) is 9.94. The lowest BCUT2D eigenvalue weighted by Gasteiger charge is -2.19. The second kappa shape index (κ2) is 5.46. The molecule has 1 atom stereocenters. The van der Waals surface area contributed by atoms with Crippen molar-refractivity contribution in [3.63, 3.8) is 0 Å². The minimum Gasteiger partial charge on any atom is -0.491 e. The number of para-hydroxylation sites is 1. The van der Waals surface area contributed by atoms with Crippen LogP contribution in [-0.2, 0) is 4.79 Å². The van der Waals surface area contributed by atoms with E-state index in [9.17, 15) is 4.79 Å². The van der Waals surface area contributed by atoms with E-state index in [1.807, 2.05) is 37.3 Å². The van der Waals surface area contributed by atoms with Gasteiger partial charge in [0.1, 0.15) is 16.8 Å². The Morgan fingerprint density at radius 1 is 1.40 bits per heavy atom. The molecule has 20 heavy (non-hydrogen) atoms. The Labute approximate surface area is 117 Å². The number of aromatic nitrogens is 1. The Kier molecular flexibility index (Phi) is 3.90. The van der Waals surface area contributed by atoms with Gasteiger partial charge in [-0.25, -0.2) is 4.98 Å². The molecule has 0 aliphatic heterocycles. The number of aryl methyl sites for hydroxylation is 1. The van der Waals surface area contributed by atoms with Gasteiger partial charge in [0.05, 0.1) is 6.61 Å². The molecule has 2 rings (SSSR count). The van der Waals surface area contributed by atoms with Crippen LogP contribution in [0.4, 0.5) is 0 Å². The molecule has 1 aromatic heterocycles. The smallest absolute Gasteiger partial charge is 0.323 e. The van der Waals surface area contributed by atoms with E-state index < -0.39 is 11.5 Å². The monoisotopic (exact) mass is 274 g/mol. The Morgan fingerprint density at radius 2 is 2.15 bits per heavy atom. The van der Waals surface area contributed by atoms with E-state index in [2.05, 4.69) is 4.98 Å². The highest BCUT2D eigenvalue weighted by atomic mass is 16.5. The Balaban J connectivity index is 2.14. The summed E-state index contributed by atoms with van der Waals surface area (Å²) in [7, 11) is 0. The van der Waals surface area contributed by atoms with Crippen LogP contribution in [0.25, 0.3) is 10.9 Å². The van der Waals surface area contributed by atoms with Crippen LogP contribution in [0.15, 0.2) is 30.3 Å². The molecular weight excluding hydrogens is 256 g/mol. The maximum absolute atomic E-state index is 10.9. The van der Waals surface area contributed by atoms with Gasteiger partial charge in [-0.3, -0.25) is 4.79 Å². The zero-order valence-corrected chi connectivity index (χ0v) is 11.6. The lowest BCUT2D eigenvalue weighted by Crippen LogP contribution is -2.45. The number of aliphatic carboxylic acids is 1. The van der Waals surface area contributed by atoms with E-state index in [1.165, 1.54) is 6.92 Å². The molecule has 5 heteroatoms. The molecular formula is C15H18N2O3. The summed E-state index contributed by atoms with van der Waals surface area (Å²) in [5.74, 6) is -0.389. The van der Waals surface area contributed by atoms with Gasteiger partial charge in [-0.2, -0.15) is 0 Å². The number of benzene rings is 1. The molecule has 0 aliphatic carbocycles. The zero-order valence-electron chi connectivity index (χ0n) is 11.6. The number of carboxylic acids is 1. The topological polar surface area (TPSA) is 85.4 Å². The third-order valence-corrected chi connectivity index (χ3v) is 3.19. The molecule has 1 heterocycles. The average Bonchev–Trinajstić information content (AvgIpc) is 2.39. The van der Waals surface area contributed by atoms with Gasteiger partial charge in [-0.05, 0) is 26.0 Å². The number of nitrogens with zero attached hydrogens (tertiary/aromatic N) is 1. The summed E-state index contributed by atoms with van der Waals surface area (Å²) in [6.45, 7) is 3.62. The normalized spacial score (nSPS) is 13.9. The van der Waals surface area contributed by atoms with E-state index in [0.29, 0.717) is 5.75 Å². The van der Waals surface area contributed by atoms with Crippen molar-refractivity contribution in [2.24, 2.45) is 5.73 Å². The average molecular weight is 274 g/mol. The van der Waals surface area contributed by atoms with Gasteiger partial charge in [-0.1, -0.05) is 18.2 Å². The van der Waals surface area contributed by atoms with Crippen molar-refractivity contribution in [2.75, 3.05) is 6.61 Å². The SMILES string of the molecule is Cc1ccc2cccc(OCCC(C)(N)C(=O)O)c2n1. The fourth-order valence-electron chi connectivity index (χ4n) is 1.81. The third kappa shape index (κ3) is 3.05. The van der Waals surface area contributed by atoms with E-state index in [0.717, 1.165) is 16.6 Å². The van der Waals surface area contributed by atoms with E-state index in [4.69, 9.17) is 15.6 Å². The lowest BCUT2D eigenvalue weighted by atomic mass is 10.0. The molecule has 106 valence electrons. The quantitative estimate of drug-likeness (QED) is 0.872. The van der Waals surface area contributed by atoms with Crippen molar-refractivity contribution in [2.45, 2.75) is 25.8 Å². The summed E-state index contributed by atoms with van der Waals surface area (Å²) < 4.78 is 5.65. The lowest BCUT2D eigenvalue weighted by molar-refractivity contribution is -0.143. The number of carbonyl (C=O) groups is 1. The first-order valence-electron chi connectivity index (χ1n) is 6.41. The molecule has 0 amide bonds. The summed E-state index contributed by atoms with van der Waals surface area (Å²) in [6, 6.07) is 9.58. The second-order valence-corrected chi connectivity index (χ2v) is 5.10. The standard InChI is InChI=1S/C15H18N2O3/c1-10-6-7-11-4-3-5-12(13(11)17-10)20-9-8-15(2,16)14(18)19/h3-7H,8-9,16H2,1-2H3,(H,18,19). The molecule has 2 aromatic rings. The summed E-state index contributed by atoms with van der Waals surface area (Å²) in [6.07, 6.45) is 0.227. The minimum absolute atomic E-state index is 0.227. The van der Waals surface area contributed by atoms with Crippen LogP contribution in [0.3, 0.4) is 0 Å². The summed E-state index contributed by atoms with van der Waals surface area (Å²) in [4.78, 5) is 15.4. The number of fused-ring (bicyclic) bond motifs is 1. The number of hydrogen-bond donors (Lipinski definition) is 2. The highest BCUT2D eigenvalue weighted by molar-refractivity contribution is 5.84. The Bertz CT molecular complexity index is 638. The van der Waals surface area contributed by atoms with Gasteiger partial charge >= 0.3 is 5.97 Å². The van der Waals surface area contributed by atoms with Crippen molar-refractivity contribution < 1.29 is 14.6 Å². The fraction of sp³-hybridized carbons (Fsp3) is 0.333. The minimum atomic E-state index is -1.28. The van der Waals surface area contributed by atoms with Crippen molar-refractivity contribution >= 4 is 16.9 Å². The van der Waals surface area contributed by atoms with Crippen LogP contribution in [0.1, 0.15) is 19.0 Å². The molecule has 5 nitrogen and oxygen atoms in total. The maximum atomic E-state index is 10.9. The molecule has 1 aromatic carbocycles. The predicted octanol–water partition coefficient (Wildman–Crippen LogP) is 2.11. The Morgan fingerprint density at radius 3 is 2.85 bits per heavy atom. The van der Waals surface area contributed by atoms with Crippen molar-refractivity contribution in [3.8, 4) is 5.75 Å². The number of nitrogens with two attached hydrogens (primary N) is 1. The predicted molar refractivity (Wildman–Crippen MR) is 76.8 cm³/mol. The van der Waals surface area contributed by atoms with Gasteiger partial charge in [0.25, 0.3) is 0 Å². The number of pyridine rings is 1. The second-order valence-electron chi connectivity index (χ2n) is 5.10. The van der Waals surface area contributed by atoms with E-state index in [1.54, 1.807) is 0 Å². The zero-order chi connectivity index (χ0) is 14.8. The summed E-state index contributed by atoms with van der Waals surface area (Å²) in [5.41, 5.74) is 6.07. The van der Waals surface area contributed by atoms with Crippen LogP contribution in [0, 0.1) is 6.92 Å². The first-order valence-corrected chi connectivity index (χ1v) is 6.41. The highest BCUT2D eigenvalue weighted by Gasteiger charge is 2.27.